The van der Waals surface area contributed by atoms with Crippen LogP contribution in [0.1, 0.15) is 11.1 Å². The highest BCUT2D eigenvalue weighted by molar-refractivity contribution is 9.10. The molecule has 20 heavy (non-hydrogen) atoms. The van der Waals surface area contributed by atoms with Crippen molar-refractivity contribution in [1.82, 2.24) is 0 Å². The molecular formula is C14H9BrN2O3. The lowest BCUT2D eigenvalue weighted by molar-refractivity contribution is -0.384. The topological polar surface area (TPSA) is 76.2 Å². The fraction of sp³-hybridized carbons (Fsp3) is 0.0714. The minimum Gasteiger partial charge on any atom is -0.455 e. The van der Waals surface area contributed by atoms with E-state index < -0.39 is 4.92 Å². The number of aryl methyl sites for hydroxylation is 1. The molecule has 0 atom stereocenters. The van der Waals surface area contributed by atoms with Crippen LogP contribution in [0.25, 0.3) is 0 Å². The first kappa shape index (κ1) is 14.0. The molecule has 0 fully saturated rings. The van der Waals surface area contributed by atoms with Gasteiger partial charge >= 0.3 is 0 Å². The first-order valence-corrected chi connectivity index (χ1v) is 6.43. The van der Waals surface area contributed by atoms with Gasteiger partial charge in [-0.3, -0.25) is 10.1 Å². The molecule has 0 aliphatic carbocycles. The van der Waals surface area contributed by atoms with Crippen molar-refractivity contribution in [2.24, 2.45) is 0 Å². The summed E-state index contributed by atoms with van der Waals surface area (Å²) in [5, 5.41) is 19.9. The van der Waals surface area contributed by atoms with E-state index in [1.165, 1.54) is 18.2 Å². The van der Waals surface area contributed by atoms with Crippen LogP contribution in [0.4, 0.5) is 5.69 Å². The molecule has 0 saturated heterocycles. The van der Waals surface area contributed by atoms with E-state index in [1.807, 2.05) is 13.0 Å². The lowest BCUT2D eigenvalue weighted by Gasteiger charge is -2.09. The Balaban J connectivity index is 2.42. The second-order valence-corrected chi connectivity index (χ2v) is 4.94. The lowest BCUT2D eigenvalue weighted by atomic mass is 10.1. The number of hydrogen-bond acceptors (Lipinski definition) is 4. The van der Waals surface area contributed by atoms with Gasteiger partial charge in [-0.05, 0) is 46.6 Å². The van der Waals surface area contributed by atoms with Crippen molar-refractivity contribution in [2.45, 2.75) is 6.92 Å². The molecule has 0 aromatic heterocycles. The number of rotatable bonds is 3. The first-order valence-electron chi connectivity index (χ1n) is 5.64. The summed E-state index contributed by atoms with van der Waals surface area (Å²) in [7, 11) is 0. The van der Waals surface area contributed by atoms with Crippen LogP contribution in [0.15, 0.2) is 40.9 Å². The molecule has 5 nitrogen and oxygen atoms in total. The van der Waals surface area contributed by atoms with Crippen molar-refractivity contribution in [3.8, 4) is 17.6 Å². The number of non-ortho nitro benzene ring substituents is 1. The van der Waals surface area contributed by atoms with Gasteiger partial charge in [-0.15, -0.1) is 0 Å². The van der Waals surface area contributed by atoms with Gasteiger partial charge in [0.2, 0.25) is 0 Å². The summed E-state index contributed by atoms with van der Waals surface area (Å²) >= 11 is 3.27. The van der Waals surface area contributed by atoms with Gasteiger partial charge in [0.15, 0.2) is 0 Å². The van der Waals surface area contributed by atoms with Gasteiger partial charge in [0.1, 0.15) is 17.6 Å². The average molecular weight is 333 g/mol. The molecule has 6 heteroatoms. The first-order chi connectivity index (χ1) is 9.51. The molecule has 0 spiro atoms. The van der Waals surface area contributed by atoms with Gasteiger partial charge in [0.25, 0.3) is 5.69 Å². The molecule has 2 aromatic rings. The van der Waals surface area contributed by atoms with Crippen molar-refractivity contribution in [2.75, 3.05) is 0 Å². The average Bonchev–Trinajstić information content (AvgIpc) is 2.42. The number of nitro groups is 1. The highest BCUT2D eigenvalue weighted by Crippen LogP contribution is 2.34. The third-order valence-electron chi connectivity index (χ3n) is 2.60. The van der Waals surface area contributed by atoms with E-state index >= 15 is 0 Å². The van der Waals surface area contributed by atoms with Gasteiger partial charge in [-0.25, -0.2) is 0 Å². The van der Waals surface area contributed by atoms with Crippen molar-refractivity contribution >= 4 is 21.6 Å². The third kappa shape index (κ3) is 2.95. The van der Waals surface area contributed by atoms with Crippen molar-refractivity contribution in [1.29, 1.82) is 5.26 Å². The summed E-state index contributed by atoms with van der Waals surface area (Å²) in [4.78, 5) is 10.3. The van der Waals surface area contributed by atoms with E-state index in [-0.39, 0.29) is 5.69 Å². The summed E-state index contributed by atoms with van der Waals surface area (Å²) in [6, 6.07) is 11.4. The number of ether oxygens (including phenoxy) is 1. The maximum Gasteiger partial charge on any atom is 0.273 e. The summed E-state index contributed by atoms with van der Waals surface area (Å²) in [5.74, 6) is 0.652. The van der Waals surface area contributed by atoms with Crippen LogP contribution in [0.3, 0.4) is 0 Å². The van der Waals surface area contributed by atoms with E-state index in [0.717, 1.165) is 5.56 Å². The minimum absolute atomic E-state index is 0.0752. The summed E-state index contributed by atoms with van der Waals surface area (Å²) in [5.41, 5.74) is 1.24. The van der Waals surface area contributed by atoms with Crippen LogP contribution in [-0.4, -0.2) is 4.92 Å². The number of nitriles is 1. The molecule has 0 amide bonds. The summed E-state index contributed by atoms with van der Waals surface area (Å²) < 4.78 is 6.18. The predicted molar refractivity (Wildman–Crippen MR) is 76.8 cm³/mol. The van der Waals surface area contributed by atoms with Crippen molar-refractivity contribution in [3.63, 3.8) is 0 Å². The van der Waals surface area contributed by atoms with Crippen LogP contribution < -0.4 is 4.74 Å². The zero-order chi connectivity index (χ0) is 14.7. The standard InChI is InChI=1S/C14H9BrN2O3/c1-9-2-5-13(10(6-9)8-16)20-14-7-11(17(18)19)3-4-12(14)15/h2-7H,1H3. The third-order valence-corrected chi connectivity index (χ3v) is 3.26. The molecule has 0 bridgehead atoms. The Morgan fingerprint density at radius 3 is 2.65 bits per heavy atom. The molecule has 0 radical (unpaired) electrons. The quantitative estimate of drug-likeness (QED) is 0.619. The van der Waals surface area contributed by atoms with Crippen LogP contribution >= 0.6 is 15.9 Å². The molecule has 2 aromatic carbocycles. The van der Waals surface area contributed by atoms with Gasteiger partial charge in [0, 0.05) is 6.07 Å². The zero-order valence-electron chi connectivity index (χ0n) is 10.5. The van der Waals surface area contributed by atoms with Crippen LogP contribution in [-0.2, 0) is 0 Å². The fourth-order valence-electron chi connectivity index (χ4n) is 1.62. The molecule has 100 valence electrons. The maximum atomic E-state index is 10.8. The molecule has 2 rings (SSSR count). The van der Waals surface area contributed by atoms with Crippen LogP contribution in [0, 0.1) is 28.4 Å². The molecule has 0 aliphatic rings. The van der Waals surface area contributed by atoms with E-state index in [9.17, 15) is 10.1 Å². The van der Waals surface area contributed by atoms with E-state index in [4.69, 9.17) is 10.00 Å². The second kappa shape index (κ2) is 5.72. The van der Waals surface area contributed by atoms with Gasteiger partial charge in [0.05, 0.1) is 21.0 Å². The molecule has 0 heterocycles. The highest BCUT2D eigenvalue weighted by atomic mass is 79.9. The number of hydrogen-bond donors (Lipinski definition) is 0. The van der Waals surface area contributed by atoms with Gasteiger partial charge < -0.3 is 4.74 Å². The Kier molecular flexibility index (Phi) is 4.01. The Bertz CT molecular complexity index is 723. The number of nitro benzene ring substituents is 1. The second-order valence-electron chi connectivity index (χ2n) is 4.09. The van der Waals surface area contributed by atoms with E-state index in [2.05, 4.69) is 15.9 Å². The molecule has 0 saturated carbocycles. The zero-order valence-corrected chi connectivity index (χ0v) is 12.0. The minimum atomic E-state index is -0.500. The number of benzene rings is 2. The predicted octanol–water partition coefficient (Wildman–Crippen LogP) is 4.33. The fourth-order valence-corrected chi connectivity index (χ4v) is 1.95. The maximum absolute atomic E-state index is 10.8. The van der Waals surface area contributed by atoms with Gasteiger partial charge in [-0.2, -0.15) is 5.26 Å². The molecule has 0 unspecified atom stereocenters. The Morgan fingerprint density at radius 1 is 1.25 bits per heavy atom. The van der Waals surface area contributed by atoms with E-state index in [0.29, 0.717) is 21.5 Å². The summed E-state index contributed by atoms with van der Waals surface area (Å²) in [6.45, 7) is 1.87. The lowest BCUT2D eigenvalue weighted by Crippen LogP contribution is -1.93. The van der Waals surface area contributed by atoms with E-state index in [1.54, 1.807) is 18.2 Å². The monoisotopic (exact) mass is 332 g/mol. The van der Waals surface area contributed by atoms with Crippen LogP contribution in [0.2, 0.25) is 0 Å². The number of halogens is 1. The SMILES string of the molecule is Cc1ccc(Oc2cc([N+](=O)[O-])ccc2Br)c(C#N)c1. The highest BCUT2D eigenvalue weighted by Gasteiger charge is 2.13. The van der Waals surface area contributed by atoms with Crippen LogP contribution in [0.5, 0.6) is 11.5 Å². The van der Waals surface area contributed by atoms with Gasteiger partial charge in [-0.1, -0.05) is 6.07 Å². The Hall–Kier alpha value is -2.39. The Morgan fingerprint density at radius 2 is 2.00 bits per heavy atom. The molecule has 0 aliphatic heterocycles. The Labute approximate surface area is 123 Å². The smallest absolute Gasteiger partial charge is 0.273 e. The van der Waals surface area contributed by atoms with Crippen molar-refractivity contribution in [3.05, 3.63) is 62.1 Å². The number of nitrogens with zero attached hydrogens (tertiary/aromatic N) is 2. The summed E-state index contributed by atoms with van der Waals surface area (Å²) in [6.07, 6.45) is 0. The molecular weight excluding hydrogens is 324 g/mol. The van der Waals surface area contributed by atoms with Crippen molar-refractivity contribution < 1.29 is 9.66 Å². The molecule has 0 N–H and O–H groups in total. The largest absolute Gasteiger partial charge is 0.455 e. The normalized spacial score (nSPS) is 9.85.